The highest BCUT2D eigenvalue weighted by molar-refractivity contribution is 7.80. The molecule has 1 aromatic carbocycles. The van der Waals surface area contributed by atoms with Crippen molar-refractivity contribution >= 4 is 35.0 Å². The predicted molar refractivity (Wildman–Crippen MR) is 114 cm³/mol. The van der Waals surface area contributed by atoms with Gasteiger partial charge in [0, 0.05) is 25.3 Å². The van der Waals surface area contributed by atoms with Crippen LogP contribution in [0.25, 0.3) is 0 Å². The Hall–Kier alpha value is -2.35. The number of rotatable bonds is 7. The average molecular weight is 407 g/mol. The maximum absolute atomic E-state index is 12.9. The van der Waals surface area contributed by atoms with E-state index in [1.54, 1.807) is 16.9 Å². The van der Waals surface area contributed by atoms with Gasteiger partial charge in [-0.1, -0.05) is 32.0 Å². The SMILES string of the molecule is CCOC(=O)CCNC(=S)N1CCCN1C(=O)Nc1c(CC)cccc1CC. The lowest BCUT2D eigenvalue weighted by atomic mass is 10.0. The molecule has 0 spiro atoms. The summed E-state index contributed by atoms with van der Waals surface area (Å²) in [7, 11) is 0. The summed E-state index contributed by atoms with van der Waals surface area (Å²) in [5.41, 5.74) is 3.13. The van der Waals surface area contributed by atoms with Crippen LogP contribution >= 0.6 is 12.2 Å². The molecule has 1 heterocycles. The molecule has 0 radical (unpaired) electrons. The molecule has 154 valence electrons. The van der Waals surface area contributed by atoms with Crippen LogP contribution < -0.4 is 10.6 Å². The summed E-state index contributed by atoms with van der Waals surface area (Å²) in [4.78, 5) is 24.4. The largest absolute Gasteiger partial charge is 0.466 e. The molecule has 0 unspecified atom stereocenters. The smallest absolute Gasteiger partial charge is 0.340 e. The van der Waals surface area contributed by atoms with E-state index in [9.17, 15) is 9.59 Å². The van der Waals surface area contributed by atoms with Gasteiger partial charge in [0.15, 0.2) is 5.11 Å². The van der Waals surface area contributed by atoms with Crippen LogP contribution in [0.5, 0.6) is 0 Å². The Labute approximate surface area is 172 Å². The Kier molecular flexibility index (Phi) is 8.50. The zero-order valence-corrected chi connectivity index (χ0v) is 17.7. The Morgan fingerprint density at radius 3 is 2.36 bits per heavy atom. The fourth-order valence-corrected chi connectivity index (χ4v) is 3.50. The van der Waals surface area contributed by atoms with Gasteiger partial charge in [0.2, 0.25) is 0 Å². The first-order valence-corrected chi connectivity index (χ1v) is 10.3. The highest BCUT2D eigenvalue weighted by atomic mass is 32.1. The second kappa shape index (κ2) is 10.8. The number of aryl methyl sites for hydroxylation is 2. The third-order valence-corrected chi connectivity index (χ3v) is 5.00. The van der Waals surface area contributed by atoms with E-state index in [1.807, 2.05) is 18.2 Å². The molecule has 1 aromatic rings. The standard InChI is InChI=1S/C20H30N4O3S/c1-4-15-9-7-10-16(5-2)18(15)22-19(26)23-13-8-14-24(23)20(28)21-12-11-17(25)27-6-3/h7,9-10H,4-6,8,11-14H2,1-3H3,(H,21,28)(H,22,26). The van der Waals surface area contributed by atoms with Crippen molar-refractivity contribution in [3.05, 3.63) is 29.3 Å². The number of thiocarbonyl (C=S) groups is 1. The van der Waals surface area contributed by atoms with Gasteiger partial charge in [0.1, 0.15) is 0 Å². The molecule has 1 aliphatic heterocycles. The number of carbonyl (C=O) groups excluding carboxylic acids is 2. The van der Waals surface area contributed by atoms with Crippen LogP contribution in [0.15, 0.2) is 18.2 Å². The Balaban J connectivity index is 1.99. The lowest BCUT2D eigenvalue weighted by molar-refractivity contribution is -0.142. The number of ether oxygens (including phenoxy) is 1. The summed E-state index contributed by atoms with van der Waals surface area (Å²) in [6, 6.07) is 5.91. The van der Waals surface area contributed by atoms with E-state index >= 15 is 0 Å². The molecule has 2 rings (SSSR count). The van der Waals surface area contributed by atoms with Crippen molar-refractivity contribution in [3.8, 4) is 0 Å². The van der Waals surface area contributed by atoms with Gasteiger partial charge in [0.05, 0.1) is 13.0 Å². The molecule has 2 amide bonds. The second-order valence-electron chi connectivity index (χ2n) is 6.48. The van der Waals surface area contributed by atoms with Crippen molar-refractivity contribution in [3.63, 3.8) is 0 Å². The molecule has 0 saturated carbocycles. The highest BCUT2D eigenvalue weighted by Gasteiger charge is 2.29. The number of nitrogens with zero attached hydrogens (tertiary/aromatic N) is 2. The quantitative estimate of drug-likeness (QED) is 0.535. The lowest BCUT2D eigenvalue weighted by Gasteiger charge is -2.30. The summed E-state index contributed by atoms with van der Waals surface area (Å²) < 4.78 is 4.91. The zero-order chi connectivity index (χ0) is 20.5. The number of anilines is 1. The predicted octanol–water partition coefficient (Wildman–Crippen LogP) is 3.09. The van der Waals surface area contributed by atoms with E-state index < -0.39 is 0 Å². The minimum absolute atomic E-state index is 0.192. The first-order chi connectivity index (χ1) is 13.5. The van der Waals surface area contributed by atoms with E-state index in [0.29, 0.717) is 31.4 Å². The van der Waals surface area contributed by atoms with E-state index in [0.717, 1.165) is 36.1 Å². The minimum Gasteiger partial charge on any atom is -0.466 e. The number of urea groups is 1. The Bertz CT molecular complexity index is 688. The number of amides is 2. The molecule has 0 atom stereocenters. The molecular formula is C20H30N4O3S. The van der Waals surface area contributed by atoms with Crippen LogP contribution in [-0.2, 0) is 22.4 Å². The molecule has 1 aliphatic rings. The normalized spacial score (nSPS) is 13.4. The number of hydrazine groups is 1. The minimum atomic E-state index is -0.267. The first kappa shape index (κ1) is 21.9. The van der Waals surface area contributed by atoms with Crippen LogP contribution in [0.4, 0.5) is 10.5 Å². The van der Waals surface area contributed by atoms with Gasteiger partial charge >= 0.3 is 12.0 Å². The molecular weight excluding hydrogens is 376 g/mol. The molecule has 2 N–H and O–H groups in total. The number of esters is 1. The van der Waals surface area contributed by atoms with Crippen molar-refractivity contribution in [1.29, 1.82) is 0 Å². The highest BCUT2D eigenvalue weighted by Crippen LogP contribution is 2.24. The van der Waals surface area contributed by atoms with Crippen molar-refractivity contribution in [2.24, 2.45) is 0 Å². The van der Waals surface area contributed by atoms with E-state index in [4.69, 9.17) is 17.0 Å². The van der Waals surface area contributed by atoms with E-state index in [-0.39, 0.29) is 18.4 Å². The van der Waals surface area contributed by atoms with Gasteiger partial charge in [-0.05, 0) is 49.5 Å². The number of para-hydroxylation sites is 1. The average Bonchev–Trinajstić information content (AvgIpc) is 3.18. The number of hydrogen-bond acceptors (Lipinski definition) is 4. The summed E-state index contributed by atoms with van der Waals surface area (Å²) in [6.07, 6.45) is 2.77. The van der Waals surface area contributed by atoms with Crippen molar-refractivity contribution < 1.29 is 14.3 Å². The van der Waals surface area contributed by atoms with Gasteiger partial charge in [-0.2, -0.15) is 0 Å². The second-order valence-corrected chi connectivity index (χ2v) is 6.86. The molecule has 7 nitrogen and oxygen atoms in total. The number of nitrogens with one attached hydrogen (secondary N) is 2. The summed E-state index contributed by atoms with van der Waals surface area (Å²) in [6.45, 7) is 7.93. The van der Waals surface area contributed by atoms with Gasteiger partial charge < -0.3 is 15.4 Å². The Morgan fingerprint density at radius 2 is 1.75 bits per heavy atom. The Morgan fingerprint density at radius 1 is 1.11 bits per heavy atom. The van der Waals surface area contributed by atoms with E-state index in [2.05, 4.69) is 24.5 Å². The van der Waals surface area contributed by atoms with Crippen molar-refractivity contribution in [2.75, 3.05) is 31.6 Å². The van der Waals surface area contributed by atoms with Crippen LogP contribution in [0.3, 0.4) is 0 Å². The molecule has 1 fully saturated rings. The maximum atomic E-state index is 12.9. The monoisotopic (exact) mass is 406 g/mol. The van der Waals surface area contributed by atoms with Gasteiger partial charge in [-0.3, -0.25) is 9.80 Å². The topological polar surface area (TPSA) is 73.9 Å². The summed E-state index contributed by atoms with van der Waals surface area (Å²) in [5, 5.41) is 9.96. The van der Waals surface area contributed by atoms with Gasteiger partial charge in [0.25, 0.3) is 0 Å². The van der Waals surface area contributed by atoms with Crippen LogP contribution in [-0.4, -0.2) is 53.4 Å². The molecule has 8 heteroatoms. The maximum Gasteiger partial charge on any atom is 0.340 e. The third kappa shape index (κ3) is 5.58. The van der Waals surface area contributed by atoms with Crippen molar-refractivity contribution in [2.45, 2.75) is 46.5 Å². The van der Waals surface area contributed by atoms with Gasteiger partial charge in [-0.15, -0.1) is 0 Å². The molecule has 0 bridgehead atoms. The molecule has 0 aliphatic carbocycles. The summed E-state index contributed by atoms with van der Waals surface area (Å²) >= 11 is 5.43. The molecule has 28 heavy (non-hydrogen) atoms. The van der Waals surface area contributed by atoms with E-state index in [1.165, 1.54) is 0 Å². The lowest BCUT2D eigenvalue weighted by Crippen LogP contribution is -2.50. The number of benzene rings is 1. The number of carbonyl (C=O) groups is 2. The van der Waals surface area contributed by atoms with Crippen LogP contribution in [0, 0.1) is 0 Å². The van der Waals surface area contributed by atoms with Crippen LogP contribution in [0.1, 0.15) is 44.7 Å². The first-order valence-electron chi connectivity index (χ1n) is 9.91. The zero-order valence-electron chi connectivity index (χ0n) is 16.9. The fourth-order valence-electron chi connectivity index (χ4n) is 3.20. The van der Waals surface area contributed by atoms with Crippen LogP contribution in [0.2, 0.25) is 0 Å². The van der Waals surface area contributed by atoms with Crippen molar-refractivity contribution in [1.82, 2.24) is 15.3 Å². The molecule has 0 aromatic heterocycles. The number of hydrogen-bond donors (Lipinski definition) is 2. The molecule has 1 saturated heterocycles. The summed E-state index contributed by atoms with van der Waals surface area (Å²) in [5.74, 6) is -0.267. The fraction of sp³-hybridized carbons (Fsp3) is 0.550. The third-order valence-electron chi connectivity index (χ3n) is 4.64. The van der Waals surface area contributed by atoms with Gasteiger partial charge in [-0.25, -0.2) is 9.80 Å².